The summed E-state index contributed by atoms with van der Waals surface area (Å²) in [5.41, 5.74) is 2.69. The molecule has 0 radical (unpaired) electrons. The number of halogens is 1. The van der Waals surface area contributed by atoms with Crippen LogP contribution in [0.15, 0.2) is 34.3 Å². The average molecular weight is 425 g/mol. The van der Waals surface area contributed by atoms with Crippen molar-refractivity contribution in [2.24, 2.45) is 0 Å². The second kappa shape index (κ2) is 10.6. The van der Waals surface area contributed by atoms with Gasteiger partial charge in [-0.2, -0.15) is 0 Å². The van der Waals surface area contributed by atoms with Gasteiger partial charge in [-0.1, -0.05) is 24.6 Å². The number of benzene rings is 1. The summed E-state index contributed by atoms with van der Waals surface area (Å²) in [5.74, 6) is 0.385. The van der Waals surface area contributed by atoms with E-state index in [1.807, 2.05) is 18.2 Å². The Labute approximate surface area is 163 Å². The highest BCUT2D eigenvalue weighted by Crippen LogP contribution is 2.26. The van der Waals surface area contributed by atoms with Gasteiger partial charge >= 0.3 is 0 Å². The smallest absolute Gasteiger partial charge is 0.264 e. The van der Waals surface area contributed by atoms with Gasteiger partial charge in [0.1, 0.15) is 5.75 Å². The maximum atomic E-state index is 11.9. The first kappa shape index (κ1) is 19.9. The van der Waals surface area contributed by atoms with Crippen LogP contribution in [0.25, 0.3) is 0 Å². The summed E-state index contributed by atoms with van der Waals surface area (Å²) in [5, 5.41) is 6.08. The highest BCUT2D eigenvalue weighted by molar-refractivity contribution is 9.10. The zero-order valence-electron chi connectivity index (χ0n) is 14.6. The third-order valence-electron chi connectivity index (χ3n) is 4.13. The first-order valence-electron chi connectivity index (χ1n) is 8.75. The summed E-state index contributed by atoms with van der Waals surface area (Å²) in [6.45, 7) is 2.77. The maximum Gasteiger partial charge on any atom is 0.264 e. The van der Waals surface area contributed by atoms with Gasteiger partial charge in [0, 0.05) is 6.54 Å². The Morgan fingerprint density at radius 2 is 2.20 bits per heavy atom. The van der Waals surface area contributed by atoms with Crippen molar-refractivity contribution in [3.63, 3.8) is 0 Å². The number of nitrogens with one attached hydrogen (secondary N) is 2. The Bertz CT molecular complexity index is 646. The number of carbonyl (C=O) groups excluding carboxylic acids is 1. The summed E-state index contributed by atoms with van der Waals surface area (Å²) in [4.78, 5) is 11.9. The Morgan fingerprint density at radius 1 is 1.36 bits per heavy atom. The predicted octanol–water partition coefficient (Wildman–Crippen LogP) is 4.27. The third-order valence-corrected chi connectivity index (χ3v) is 5.00. The number of aryl methyl sites for hydroxylation is 1. The van der Waals surface area contributed by atoms with E-state index in [0.29, 0.717) is 10.9 Å². The lowest BCUT2D eigenvalue weighted by Gasteiger charge is -2.14. The monoisotopic (exact) mass is 424 g/mol. The van der Waals surface area contributed by atoms with Crippen molar-refractivity contribution < 1.29 is 9.53 Å². The molecule has 0 bridgehead atoms. The Morgan fingerprint density at radius 3 is 2.88 bits per heavy atom. The molecule has 0 atom stereocenters. The molecule has 6 heteroatoms. The van der Waals surface area contributed by atoms with Crippen LogP contribution in [-0.4, -0.2) is 24.2 Å². The second-order valence-electron chi connectivity index (χ2n) is 6.07. The minimum Gasteiger partial charge on any atom is -0.483 e. The van der Waals surface area contributed by atoms with Crippen LogP contribution in [0.1, 0.15) is 44.6 Å². The molecule has 0 fully saturated rings. The zero-order valence-corrected chi connectivity index (χ0v) is 17.0. The summed E-state index contributed by atoms with van der Waals surface area (Å²) >= 11 is 8.62. The average Bonchev–Trinajstić information content (AvgIpc) is 2.61. The molecule has 1 aromatic carbocycles. The van der Waals surface area contributed by atoms with Crippen molar-refractivity contribution in [1.29, 1.82) is 0 Å². The van der Waals surface area contributed by atoms with E-state index >= 15 is 0 Å². The molecule has 0 aromatic heterocycles. The molecule has 136 valence electrons. The molecule has 1 amide bonds. The lowest BCUT2D eigenvalue weighted by atomic mass is 9.97. The van der Waals surface area contributed by atoms with Gasteiger partial charge < -0.3 is 15.4 Å². The van der Waals surface area contributed by atoms with E-state index in [0.717, 1.165) is 23.9 Å². The maximum absolute atomic E-state index is 11.9. The van der Waals surface area contributed by atoms with Crippen LogP contribution in [0, 0.1) is 0 Å². The number of hydrogen-bond acceptors (Lipinski definition) is 3. The Balaban J connectivity index is 1.67. The van der Waals surface area contributed by atoms with Crippen LogP contribution in [0.3, 0.4) is 0 Å². The lowest BCUT2D eigenvalue weighted by molar-refractivity contribution is -0.121. The second-order valence-corrected chi connectivity index (χ2v) is 7.33. The number of hydrogen-bond donors (Lipinski definition) is 2. The highest BCUT2D eigenvalue weighted by atomic mass is 79.9. The Hall–Kier alpha value is -1.40. The van der Waals surface area contributed by atoms with Crippen molar-refractivity contribution in [2.75, 3.05) is 13.2 Å². The first-order valence-corrected chi connectivity index (χ1v) is 9.95. The van der Waals surface area contributed by atoms with E-state index in [2.05, 4.69) is 39.6 Å². The molecule has 1 aliphatic rings. The first-order chi connectivity index (χ1) is 12.1. The highest BCUT2D eigenvalue weighted by Gasteiger charge is 2.09. The van der Waals surface area contributed by atoms with E-state index in [-0.39, 0.29) is 12.5 Å². The van der Waals surface area contributed by atoms with Crippen LogP contribution < -0.4 is 15.4 Å². The van der Waals surface area contributed by atoms with Crippen LogP contribution in [0.2, 0.25) is 0 Å². The summed E-state index contributed by atoms with van der Waals surface area (Å²) < 4.78 is 6.39. The van der Waals surface area contributed by atoms with Crippen molar-refractivity contribution in [1.82, 2.24) is 10.6 Å². The molecular formula is C19H25BrN2O2S. The van der Waals surface area contributed by atoms with Crippen molar-refractivity contribution >= 4 is 39.2 Å². The molecule has 0 unspecified atom stereocenters. The lowest BCUT2D eigenvalue weighted by Crippen LogP contribution is -2.41. The van der Waals surface area contributed by atoms with Gasteiger partial charge in [-0.25, -0.2) is 0 Å². The molecular weight excluding hydrogens is 400 g/mol. The number of rotatable bonds is 7. The van der Waals surface area contributed by atoms with E-state index in [1.54, 1.807) is 0 Å². The number of thiocarbonyl (C=S) groups is 1. The molecule has 0 saturated carbocycles. The van der Waals surface area contributed by atoms with Crippen molar-refractivity contribution in [3.8, 4) is 5.75 Å². The third kappa shape index (κ3) is 7.16. The van der Waals surface area contributed by atoms with E-state index in [4.69, 9.17) is 17.0 Å². The van der Waals surface area contributed by atoms with Crippen LogP contribution in [-0.2, 0) is 11.2 Å². The topological polar surface area (TPSA) is 50.4 Å². The van der Waals surface area contributed by atoms with E-state index in [9.17, 15) is 4.79 Å². The van der Waals surface area contributed by atoms with Crippen LogP contribution in [0.5, 0.6) is 5.75 Å². The molecule has 1 aromatic rings. The van der Waals surface area contributed by atoms with Gasteiger partial charge in [0.2, 0.25) is 0 Å². The fraction of sp³-hybridized carbons (Fsp3) is 0.474. The largest absolute Gasteiger partial charge is 0.483 e. The van der Waals surface area contributed by atoms with E-state index in [1.165, 1.54) is 36.8 Å². The number of amides is 1. The molecule has 25 heavy (non-hydrogen) atoms. The fourth-order valence-electron chi connectivity index (χ4n) is 2.70. The molecule has 0 saturated heterocycles. The van der Waals surface area contributed by atoms with Crippen molar-refractivity contribution in [3.05, 3.63) is 39.9 Å². The quantitative estimate of drug-likeness (QED) is 0.506. The normalized spacial score (nSPS) is 13.8. The van der Waals surface area contributed by atoms with Crippen LogP contribution >= 0.6 is 28.1 Å². The molecule has 2 N–H and O–H groups in total. The minimum absolute atomic E-state index is 0.0724. The van der Waals surface area contributed by atoms with Crippen LogP contribution in [0.4, 0.5) is 0 Å². The Kier molecular flexibility index (Phi) is 8.41. The van der Waals surface area contributed by atoms with Gasteiger partial charge in [-0.3, -0.25) is 4.79 Å². The van der Waals surface area contributed by atoms with Gasteiger partial charge in [0.05, 0.1) is 4.47 Å². The number of carbonyl (C=O) groups is 1. The summed E-state index contributed by atoms with van der Waals surface area (Å²) in [6, 6.07) is 5.86. The summed E-state index contributed by atoms with van der Waals surface area (Å²) in [6.07, 6.45) is 9.19. The minimum atomic E-state index is -0.263. The molecule has 2 rings (SSSR count). The van der Waals surface area contributed by atoms with Gasteiger partial charge in [0.25, 0.3) is 5.91 Å². The fourth-order valence-corrected chi connectivity index (χ4v) is 3.46. The molecule has 1 aliphatic carbocycles. The predicted molar refractivity (Wildman–Crippen MR) is 109 cm³/mol. The SMILES string of the molecule is CCc1ccc(OCC(=O)NC(=S)NCCC2=CCCCC2)c(Br)c1. The molecule has 4 nitrogen and oxygen atoms in total. The molecule has 0 spiro atoms. The van der Waals surface area contributed by atoms with Crippen molar-refractivity contribution in [2.45, 2.75) is 45.4 Å². The van der Waals surface area contributed by atoms with Gasteiger partial charge in [-0.15, -0.1) is 0 Å². The van der Waals surface area contributed by atoms with Gasteiger partial charge in [-0.05, 0) is 84.4 Å². The number of ether oxygens (including phenoxy) is 1. The molecule has 0 heterocycles. The van der Waals surface area contributed by atoms with E-state index < -0.39 is 0 Å². The van der Waals surface area contributed by atoms with Gasteiger partial charge in [0.15, 0.2) is 11.7 Å². The summed E-state index contributed by atoms with van der Waals surface area (Å²) in [7, 11) is 0. The zero-order chi connectivity index (χ0) is 18.1. The number of allylic oxidation sites excluding steroid dienone is 1. The standard InChI is InChI=1S/C19H25BrN2O2S/c1-2-14-8-9-17(16(20)12-14)24-13-18(23)22-19(25)21-11-10-15-6-4-3-5-7-15/h6,8-9,12H,2-5,7,10-11,13H2,1H3,(H2,21,22,23,25). The molecule has 0 aliphatic heterocycles.